The predicted molar refractivity (Wildman–Crippen MR) is 83.8 cm³/mol. The van der Waals surface area contributed by atoms with Crippen LogP contribution in [0.2, 0.25) is 0 Å². The fourth-order valence-corrected chi connectivity index (χ4v) is 6.35. The standard InChI is InChI=1S/C18H30N2O/c1-11-3-4-19-16(11)17(21)20-12(2)18-8-13-5-14(9-18)7-15(6-13)10-18/h11-16,19H,3-10H2,1-2H3,(H,20,21). The second-order valence-electron chi connectivity index (χ2n) is 8.71. The number of nitrogens with one attached hydrogen (secondary N) is 2. The van der Waals surface area contributed by atoms with Crippen molar-refractivity contribution in [1.29, 1.82) is 0 Å². The lowest BCUT2D eigenvalue weighted by atomic mass is 9.48. The van der Waals surface area contributed by atoms with Gasteiger partial charge in [0, 0.05) is 6.04 Å². The first-order chi connectivity index (χ1) is 10.1. The molecule has 4 aliphatic carbocycles. The van der Waals surface area contributed by atoms with Crippen molar-refractivity contribution in [2.45, 2.75) is 70.9 Å². The summed E-state index contributed by atoms with van der Waals surface area (Å²) in [5.74, 6) is 3.61. The minimum absolute atomic E-state index is 0.0429. The number of carbonyl (C=O) groups excluding carboxylic acids is 1. The summed E-state index contributed by atoms with van der Waals surface area (Å²) >= 11 is 0. The highest BCUT2D eigenvalue weighted by atomic mass is 16.2. The van der Waals surface area contributed by atoms with Gasteiger partial charge in [0.1, 0.15) is 0 Å². The monoisotopic (exact) mass is 290 g/mol. The SMILES string of the molecule is CC1CCNC1C(=O)NC(C)C12CC3CC(CC(C3)C1)C2. The minimum Gasteiger partial charge on any atom is -0.352 e. The summed E-state index contributed by atoms with van der Waals surface area (Å²) in [6, 6.07) is 0.398. The van der Waals surface area contributed by atoms with Crippen molar-refractivity contribution in [3.05, 3.63) is 0 Å². The van der Waals surface area contributed by atoms with Crippen molar-refractivity contribution in [2.24, 2.45) is 29.1 Å². The van der Waals surface area contributed by atoms with E-state index in [1.165, 1.54) is 38.5 Å². The van der Waals surface area contributed by atoms with E-state index in [1.807, 2.05) is 0 Å². The van der Waals surface area contributed by atoms with Crippen LogP contribution in [-0.2, 0) is 4.79 Å². The second kappa shape index (κ2) is 4.97. The lowest BCUT2D eigenvalue weighted by Crippen LogP contribution is -2.58. The molecule has 1 amide bonds. The summed E-state index contributed by atoms with van der Waals surface area (Å²) in [6.45, 7) is 5.47. The lowest BCUT2D eigenvalue weighted by molar-refractivity contribution is -0.128. The van der Waals surface area contributed by atoms with E-state index in [4.69, 9.17) is 0 Å². The van der Waals surface area contributed by atoms with Crippen molar-refractivity contribution < 1.29 is 4.79 Å². The Bertz CT molecular complexity index is 398. The molecular weight excluding hydrogens is 260 g/mol. The summed E-state index contributed by atoms with van der Waals surface area (Å²) in [6.07, 6.45) is 9.66. The Morgan fingerprint density at radius 2 is 1.71 bits per heavy atom. The van der Waals surface area contributed by atoms with Crippen LogP contribution in [0.5, 0.6) is 0 Å². The Morgan fingerprint density at radius 1 is 1.14 bits per heavy atom. The highest BCUT2D eigenvalue weighted by Crippen LogP contribution is 2.61. The van der Waals surface area contributed by atoms with Gasteiger partial charge >= 0.3 is 0 Å². The normalized spacial score (nSPS) is 49.3. The molecule has 3 unspecified atom stereocenters. The second-order valence-corrected chi connectivity index (χ2v) is 8.71. The zero-order chi connectivity index (χ0) is 14.6. The van der Waals surface area contributed by atoms with E-state index in [1.54, 1.807) is 0 Å². The van der Waals surface area contributed by atoms with E-state index in [-0.39, 0.29) is 11.9 Å². The minimum atomic E-state index is 0.0429. The van der Waals surface area contributed by atoms with Gasteiger partial charge in [-0.15, -0.1) is 0 Å². The highest BCUT2D eigenvalue weighted by Gasteiger charge is 2.53. The third-order valence-electron chi connectivity index (χ3n) is 7.18. The zero-order valence-electron chi connectivity index (χ0n) is 13.5. The van der Waals surface area contributed by atoms with E-state index < -0.39 is 0 Å². The van der Waals surface area contributed by atoms with Gasteiger partial charge < -0.3 is 10.6 Å². The molecule has 2 N–H and O–H groups in total. The summed E-state index contributed by atoms with van der Waals surface area (Å²) in [7, 11) is 0. The van der Waals surface area contributed by atoms with Crippen LogP contribution in [0.25, 0.3) is 0 Å². The topological polar surface area (TPSA) is 41.1 Å². The first-order valence-corrected chi connectivity index (χ1v) is 9.09. The summed E-state index contributed by atoms with van der Waals surface area (Å²) in [4.78, 5) is 12.6. The van der Waals surface area contributed by atoms with Crippen LogP contribution in [0.4, 0.5) is 0 Å². The van der Waals surface area contributed by atoms with Gasteiger partial charge in [-0.1, -0.05) is 6.92 Å². The molecule has 21 heavy (non-hydrogen) atoms. The number of amides is 1. The number of hydrogen-bond donors (Lipinski definition) is 2. The Balaban J connectivity index is 1.45. The molecule has 0 aromatic heterocycles. The smallest absolute Gasteiger partial charge is 0.237 e. The molecule has 4 bridgehead atoms. The largest absolute Gasteiger partial charge is 0.352 e. The van der Waals surface area contributed by atoms with E-state index in [9.17, 15) is 4.79 Å². The molecule has 1 heterocycles. The Kier molecular flexibility index (Phi) is 3.33. The summed E-state index contributed by atoms with van der Waals surface area (Å²) < 4.78 is 0. The van der Waals surface area contributed by atoms with Gasteiger partial charge in [-0.3, -0.25) is 4.79 Å². The molecule has 0 radical (unpaired) electrons. The Morgan fingerprint density at radius 3 is 2.19 bits per heavy atom. The summed E-state index contributed by atoms with van der Waals surface area (Å²) in [5, 5.41) is 6.78. The third kappa shape index (κ3) is 2.32. The first-order valence-electron chi connectivity index (χ1n) is 9.09. The fourth-order valence-electron chi connectivity index (χ4n) is 6.35. The van der Waals surface area contributed by atoms with Crippen LogP contribution in [0.1, 0.15) is 58.8 Å². The average Bonchev–Trinajstić information content (AvgIpc) is 2.83. The Hall–Kier alpha value is -0.570. The van der Waals surface area contributed by atoms with Crippen molar-refractivity contribution in [3.8, 4) is 0 Å². The molecule has 4 saturated carbocycles. The van der Waals surface area contributed by atoms with Crippen LogP contribution in [-0.4, -0.2) is 24.5 Å². The maximum absolute atomic E-state index is 12.6. The van der Waals surface area contributed by atoms with Gasteiger partial charge in [0.2, 0.25) is 5.91 Å². The van der Waals surface area contributed by atoms with Crippen LogP contribution >= 0.6 is 0 Å². The van der Waals surface area contributed by atoms with E-state index in [0.29, 0.717) is 17.4 Å². The molecule has 1 aliphatic heterocycles. The lowest BCUT2D eigenvalue weighted by Gasteiger charge is -2.59. The number of rotatable bonds is 3. The van der Waals surface area contributed by atoms with Gasteiger partial charge in [0.25, 0.3) is 0 Å². The predicted octanol–water partition coefficient (Wildman–Crippen LogP) is 2.71. The molecule has 0 aromatic rings. The van der Waals surface area contributed by atoms with E-state index in [0.717, 1.165) is 30.7 Å². The van der Waals surface area contributed by atoms with Crippen molar-refractivity contribution in [3.63, 3.8) is 0 Å². The van der Waals surface area contributed by atoms with Gasteiger partial charge in [-0.2, -0.15) is 0 Å². The average molecular weight is 290 g/mol. The van der Waals surface area contributed by atoms with Crippen molar-refractivity contribution in [2.75, 3.05) is 6.54 Å². The number of hydrogen-bond acceptors (Lipinski definition) is 2. The molecule has 5 fully saturated rings. The molecule has 5 aliphatic rings. The maximum atomic E-state index is 12.6. The quantitative estimate of drug-likeness (QED) is 0.839. The van der Waals surface area contributed by atoms with Crippen LogP contribution in [0.15, 0.2) is 0 Å². The van der Waals surface area contributed by atoms with Gasteiger partial charge in [0.05, 0.1) is 6.04 Å². The Labute approximate surface area is 128 Å². The molecule has 5 rings (SSSR count). The molecule has 0 spiro atoms. The molecule has 3 nitrogen and oxygen atoms in total. The molecule has 1 saturated heterocycles. The zero-order valence-corrected chi connectivity index (χ0v) is 13.5. The fraction of sp³-hybridized carbons (Fsp3) is 0.944. The van der Waals surface area contributed by atoms with Gasteiger partial charge in [-0.25, -0.2) is 0 Å². The van der Waals surface area contributed by atoms with Gasteiger partial charge in [-0.05, 0) is 87.5 Å². The third-order valence-corrected chi connectivity index (χ3v) is 7.18. The molecule has 118 valence electrons. The van der Waals surface area contributed by atoms with Crippen LogP contribution < -0.4 is 10.6 Å². The van der Waals surface area contributed by atoms with Crippen LogP contribution in [0.3, 0.4) is 0 Å². The van der Waals surface area contributed by atoms with Crippen molar-refractivity contribution in [1.82, 2.24) is 10.6 Å². The summed E-state index contributed by atoms with van der Waals surface area (Å²) in [5.41, 5.74) is 0.423. The van der Waals surface area contributed by atoms with E-state index >= 15 is 0 Å². The van der Waals surface area contributed by atoms with E-state index in [2.05, 4.69) is 24.5 Å². The maximum Gasteiger partial charge on any atom is 0.237 e. The van der Waals surface area contributed by atoms with Gasteiger partial charge in [0.15, 0.2) is 0 Å². The van der Waals surface area contributed by atoms with Crippen molar-refractivity contribution >= 4 is 5.91 Å². The molecule has 0 aromatic carbocycles. The molecule has 3 atom stereocenters. The molecule has 3 heteroatoms. The van der Waals surface area contributed by atoms with Crippen LogP contribution in [0, 0.1) is 29.1 Å². The highest BCUT2D eigenvalue weighted by molar-refractivity contribution is 5.82. The molecular formula is C18H30N2O. The number of carbonyl (C=O) groups is 1. The first kappa shape index (κ1) is 14.0.